The highest BCUT2D eigenvalue weighted by Crippen LogP contribution is 2.29. The Labute approximate surface area is 160 Å². The van der Waals surface area contributed by atoms with E-state index in [1.54, 1.807) is 25.3 Å². The van der Waals surface area contributed by atoms with E-state index < -0.39 is 10.0 Å². The van der Waals surface area contributed by atoms with E-state index in [0.717, 1.165) is 11.8 Å². The molecule has 0 saturated carbocycles. The summed E-state index contributed by atoms with van der Waals surface area (Å²) in [5, 5.41) is 2.74. The van der Waals surface area contributed by atoms with Crippen molar-refractivity contribution in [1.29, 1.82) is 0 Å². The molecule has 0 radical (unpaired) electrons. The molecule has 2 aromatic rings. The smallest absolute Gasteiger partial charge is 0.225 e. The van der Waals surface area contributed by atoms with Crippen molar-refractivity contribution in [3.05, 3.63) is 54.1 Å². The minimum atomic E-state index is -3.44. The molecule has 0 atom stereocenters. The molecule has 7 nitrogen and oxygen atoms in total. The lowest BCUT2D eigenvalue weighted by atomic mass is 10.2. The van der Waals surface area contributed by atoms with Gasteiger partial charge in [-0.2, -0.15) is 4.31 Å². The van der Waals surface area contributed by atoms with Crippen LogP contribution < -0.4 is 14.8 Å². The molecule has 0 aliphatic heterocycles. The first-order valence-corrected chi connectivity index (χ1v) is 10.2. The van der Waals surface area contributed by atoms with Crippen LogP contribution in [-0.2, 0) is 21.4 Å². The molecule has 0 heterocycles. The Kier molecular flexibility index (Phi) is 7.20. The Bertz CT molecular complexity index is 869. The molecule has 0 fully saturated rings. The van der Waals surface area contributed by atoms with E-state index >= 15 is 0 Å². The zero-order valence-corrected chi connectivity index (χ0v) is 16.5. The summed E-state index contributed by atoms with van der Waals surface area (Å²) in [6, 6.07) is 14.3. The van der Waals surface area contributed by atoms with Crippen LogP contribution in [0.4, 0.5) is 5.69 Å². The predicted molar refractivity (Wildman–Crippen MR) is 104 cm³/mol. The average Bonchev–Trinajstić information content (AvgIpc) is 2.65. The number of amides is 1. The molecule has 0 aromatic heterocycles. The van der Waals surface area contributed by atoms with Crippen LogP contribution in [0.15, 0.2) is 48.5 Å². The predicted octanol–water partition coefficient (Wildman–Crippen LogP) is 2.49. The maximum absolute atomic E-state index is 12.3. The number of rotatable bonds is 9. The molecule has 1 N–H and O–H groups in total. The maximum atomic E-state index is 12.3. The zero-order chi connectivity index (χ0) is 19.9. The van der Waals surface area contributed by atoms with Gasteiger partial charge in [0.05, 0.1) is 26.2 Å². The van der Waals surface area contributed by atoms with Crippen LogP contribution >= 0.6 is 0 Å². The van der Waals surface area contributed by atoms with Gasteiger partial charge >= 0.3 is 0 Å². The number of nitrogens with one attached hydrogen (secondary N) is 1. The fraction of sp³-hybridized carbons (Fsp3) is 0.316. The Morgan fingerprint density at radius 2 is 1.78 bits per heavy atom. The number of carbonyl (C=O) groups is 1. The summed E-state index contributed by atoms with van der Waals surface area (Å²) < 4.78 is 35.7. The first kappa shape index (κ1) is 20.7. The second kappa shape index (κ2) is 9.38. The van der Waals surface area contributed by atoms with Crippen molar-refractivity contribution in [1.82, 2.24) is 4.31 Å². The number of anilines is 1. The summed E-state index contributed by atoms with van der Waals surface area (Å²) in [7, 11) is -0.404. The fourth-order valence-electron chi connectivity index (χ4n) is 2.49. The van der Waals surface area contributed by atoms with Gasteiger partial charge in [0.25, 0.3) is 0 Å². The van der Waals surface area contributed by atoms with Crippen molar-refractivity contribution in [2.24, 2.45) is 0 Å². The standard InChI is InChI=1S/C19H24N2O5S/c1-25-16-9-10-17(18(13-16)26-2)20-19(22)11-12-21(27(3,23)24)14-15-7-5-4-6-8-15/h4-10,13H,11-12,14H2,1-3H3,(H,20,22). The van der Waals surface area contributed by atoms with Crippen LogP contribution in [0.2, 0.25) is 0 Å². The van der Waals surface area contributed by atoms with E-state index in [-0.39, 0.29) is 25.4 Å². The number of hydrogen-bond donors (Lipinski definition) is 1. The van der Waals surface area contributed by atoms with Crippen molar-refractivity contribution in [3.8, 4) is 11.5 Å². The Hall–Kier alpha value is -2.58. The maximum Gasteiger partial charge on any atom is 0.225 e. The second-order valence-corrected chi connectivity index (χ2v) is 7.93. The summed E-state index contributed by atoms with van der Waals surface area (Å²) in [5.41, 5.74) is 1.36. The number of nitrogens with zero attached hydrogens (tertiary/aromatic N) is 1. The van der Waals surface area contributed by atoms with Crippen molar-refractivity contribution in [2.75, 3.05) is 32.3 Å². The summed E-state index contributed by atoms with van der Waals surface area (Å²) in [6.45, 7) is 0.302. The number of methoxy groups -OCH3 is 2. The highest BCUT2D eigenvalue weighted by atomic mass is 32.2. The average molecular weight is 392 g/mol. The highest BCUT2D eigenvalue weighted by molar-refractivity contribution is 7.88. The Balaban J connectivity index is 2.01. The number of benzene rings is 2. The van der Waals surface area contributed by atoms with E-state index in [2.05, 4.69) is 5.32 Å². The van der Waals surface area contributed by atoms with Crippen molar-refractivity contribution < 1.29 is 22.7 Å². The van der Waals surface area contributed by atoms with E-state index in [0.29, 0.717) is 17.2 Å². The van der Waals surface area contributed by atoms with Crippen molar-refractivity contribution >= 4 is 21.6 Å². The third-order valence-corrected chi connectivity index (χ3v) is 5.19. The molecule has 0 saturated heterocycles. The number of carbonyl (C=O) groups excluding carboxylic acids is 1. The van der Waals surface area contributed by atoms with Gasteiger partial charge in [-0.05, 0) is 17.7 Å². The van der Waals surface area contributed by atoms with Crippen LogP contribution in [0.25, 0.3) is 0 Å². The normalized spacial score (nSPS) is 11.3. The molecule has 0 unspecified atom stereocenters. The van der Waals surface area contributed by atoms with Gasteiger partial charge < -0.3 is 14.8 Å². The van der Waals surface area contributed by atoms with Crippen molar-refractivity contribution in [3.63, 3.8) is 0 Å². The summed E-state index contributed by atoms with van der Waals surface area (Å²) in [5.74, 6) is 0.767. The molecular formula is C19H24N2O5S. The van der Waals surface area contributed by atoms with Gasteiger partial charge in [0.1, 0.15) is 11.5 Å². The van der Waals surface area contributed by atoms with Crippen LogP contribution in [0, 0.1) is 0 Å². The van der Waals surface area contributed by atoms with Gasteiger partial charge in [-0.25, -0.2) is 8.42 Å². The monoisotopic (exact) mass is 392 g/mol. The highest BCUT2D eigenvalue weighted by Gasteiger charge is 2.19. The van der Waals surface area contributed by atoms with Gasteiger partial charge in [-0.3, -0.25) is 4.79 Å². The van der Waals surface area contributed by atoms with Crippen LogP contribution in [-0.4, -0.2) is 45.7 Å². The van der Waals surface area contributed by atoms with Crippen molar-refractivity contribution in [2.45, 2.75) is 13.0 Å². The minimum Gasteiger partial charge on any atom is -0.497 e. The number of sulfonamides is 1. The summed E-state index contributed by atoms with van der Waals surface area (Å²) >= 11 is 0. The minimum absolute atomic E-state index is 0.0229. The zero-order valence-electron chi connectivity index (χ0n) is 15.6. The van der Waals surface area contributed by atoms with Gasteiger partial charge in [-0.1, -0.05) is 30.3 Å². The lowest BCUT2D eigenvalue weighted by Gasteiger charge is -2.20. The molecule has 2 rings (SSSR count). The van der Waals surface area contributed by atoms with E-state index in [4.69, 9.17) is 9.47 Å². The molecule has 0 aliphatic rings. The fourth-order valence-corrected chi connectivity index (χ4v) is 3.30. The SMILES string of the molecule is COc1ccc(NC(=O)CCN(Cc2ccccc2)S(C)(=O)=O)c(OC)c1. The van der Waals surface area contributed by atoms with Crippen LogP contribution in [0.3, 0.4) is 0 Å². The van der Waals surface area contributed by atoms with E-state index in [9.17, 15) is 13.2 Å². The molecule has 27 heavy (non-hydrogen) atoms. The van der Waals surface area contributed by atoms with Crippen LogP contribution in [0.5, 0.6) is 11.5 Å². The van der Waals surface area contributed by atoms with E-state index in [1.165, 1.54) is 11.4 Å². The quantitative estimate of drug-likeness (QED) is 0.709. The molecule has 2 aromatic carbocycles. The van der Waals surface area contributed by atoms with E-state index in [1.807, 2.05) is 30.3 Å². The molecule has 0 bridgehead atoms. The molecule has 8 heteroatoms. The number of hydrogen-bond acceptors (Lipinski definition) is 5. The number of ether oxygens (including phenoxy) is 2. The second-order valence-electron chi connectivity index (χ2n) is 5.95. The Morgan fingerprint density at radius 3 is 2.37 bits per heavy atom. The topological polar surface area (TPSA) is 84.9 Å². The molecule has 1 amide bonds. The molecule has 146 valence electrons. The Morgan fingerprint density at radius 1 is 1.07 bits per heavy atom. The molecule has 0 aliphatic carbocycles. The lowest BCUT2D eigenvalue weighted by molar-refractivity contribution is -0.116. The summed E-state index contributed by atoms with van der Waals surface area (Å²) in [6.07, 6.45) is 1.16. The molecule has 0 spiro atoms. The van der Waals surface area contributed by atoms with Gasteiger partial charge in [-0.15, -0.1) is 0 Å². The van der Waals surface area contributed by atoms with Gasteiger partial charge in [0.2, 0.25) is 15.9 Å². The third kappa shape index (κ3) is 6.26. The van der Waals surface area contributed by atoms with Gasteiger partial charge in [0.15, 0.2) is 0 Å². The van der Waals surface area contributed by atoms with Crippen LogP contribution in [0.1, 0.15) is 12.0 Å². The lowest BCUT2D eigenvalue weighted by Crippen LogP contribution is -2.32. The first-order chi connectivity index (χ1) is 12.8. The molecular weight excluding hydrogens is 368 g/mol. The summed E-state index contributed by atoms with van der Waals surface area (Å²) in [4.78, 5) is 12.3. The first-order valence-electron chi connectivity index (χ1n) is 8.34. The largest absolute Gasteiger partial charge is 0.497 e. The third-order valence-electron chi connectivity index (χ3n) is 3.94. The van der Waals surface area contributed by atoms with Gasteiger partial charge in [0, 0.05) is 25.6 Å².